The lowest BCUT2D eigenvalue weighted by Crippen LogP contribution is -2.44. The minimum atomic E-state index is -0.232. The largest absolute Gasteiger partial charge is 0.336 e. The van der Waals surface area contributed by atoms with Gasteiger partial charge in [0.05, 0.1) is 4.08 Å². The molecule has 1 aliphatic carbocycles. The van der Waals surface area contributed by atoms with Crippen molar-refractivity contribution in [2.75, 3.05) is 23.4 Å². The topological polar surface area (TPSA) is 41.1 Å². The van der Waals surface area contributed by atoms with Crippen LogP contribution in [0.1, 0.15) is 57.1 Å². The van der Waals surface area contributed by atoms with E-state index in [-0.39, 0.29) is 15.9 Å². The first-order valence-electron chi connectivity index (χ1n) is 10.2. The zero-order valence-corrected chi connectivity index (χ0v) is 18.0. The maximum absolute atomic E-state index is 13.8. The van der Waals surface area contributed by atoms with Crippen LogP contribution in [0.25, 0.3) is 0 Å². The van der Waals surface area contributed by atoms with Gasteiger partial charge in [-0.05, 0) is 54.9 Å². The zero-order chi connectivity index (χ0) is 19.3. The molecule has 3 nitrogen and oxygen atoms in total. The van der Waals surface area contributed by atoms with Crippen molar-refractivity contribution >= 4 is 35.2 Å². The van der Waals surface area contributed by atoms with E-state index < -0.39 is 0 Å². The third-order valence-electron chi connectivity index (χ3n) is 5.77. The number of carbonyl (C=O) groups is 1. The van der Waals surface area contributed by atoms with Gasteiger partial charge in [-0.25, -0.2) is 9.18 Å². The van der Waals surface area contributed by atoms with Gasteiger partial charge in [0.25, 0.3) is 0 Å². The summed E-state index contributed by atoms with van der Waals surface area (Å²) in [5, 5.41) is 6.16. The van der Waals surface area contributed by atoms with E-state index in [1.54, 1.807) is 0 Å². The van der Waals surface area contributed by atoms with Gasteiger partial charge in [0.2, 0.25) is 0 Å². The molecule has 0 unspecified atom stereocenters. The summed E-state index contributed by atoms with van der Waals surface area (Å²) in [4.78, 5) is 12.7. The second kappa shape index (κ2) is 9.55. The highest BCUT2D eigenvalue weighted by Gasteiger charge is 2.43. The number of rotatable bonds is 6. The Morgan fingerprint density at radius 1 is 1.11 bits per heavy atom. The third kappa shape index (κ3) is 4.94. The summed E-state index contributed by atoms with van der Waals surface area (Å²) in [6.45, 7) is 4.67. The zero-order valence-electron chi connectivity index (χ0n) is 16.4. The minimum Gasteiger partial charge on any atom is -0.336 e. The first kappa shape index (κ1) is 20.8. The number of aryl methyl sites for hydroxylation is 2. The fourth-order valence-corrected chi connectivity index (χ4v) is 7.78. The molecule has 0 bridgehead atoms. The van der Waals surface area contributed by atoms with Gasteiger partial charge in [0.15, 0.2) is 0 Å². The van der Waals surface area contributed by atoms with E-state index in [0.29, 0.717) is 25.3 Å². The van der Waals surface area contributed by atoms with E-state index in [9.17, 15) is 9.18 Å². The monoisotopic (exact) mass is 410 g/mol. The molecule has 6 heteroatoms. The van der Waals surface area contributed by atoms with Gasteiger partial charge in [0.1, 0.15) is 5.82 Å². The lowest BCUT2D eigenvalue weighted by atomic mass is 9.86. The van der Waals surface area contributed by atoms with Crippen LogP contribution in [0.3, 0.4) is 0 Å². The number of halogens is 1. The molecule has 2 amide bonds. The van der Waals surface area contributed by atoms with Crippen molar-refractivity contribution in [3.63, 3.8) is 0 Å². The fourth-order valence-electron chi connectivity index (χ4n) is 4.30. The summed E-state index contributed by atoms with van der Waals surface area (Å²) >= 11 is 4.07. The molecule has 1 aromatic carbocycles. The summed E-state index contributed by atoms with van der Waals surface area (Å²) < 4.78 is 13.9. The van der Waals surface area contributed by atoms with E-state index in [4.69, 9.17) is 0 Å². The van der Waals surface area contributed by atoms with Gasteiger partial charge < -0.3 is 10.6 Å². The summed E-state index contributed by atoms with van der Waals surface area (Å²) in [6, 6.07) is 2.89. The number of hydrogen-bond donors (Lipinski definition) is 2. The molecule has 2 N–H and O–H groups in total. The minimum absolute atomic E-state index is 0.127. The quantitative estimate of drug-likeness (QED) is 0.620. The van der Waals surface area contributed by atoms with Crippen molar-refractivity contribution in [2.45, 2.75) is 62.9 Å². The summed E-state index contributed by atoms with van der Waals surface area (Å²) in [5.74, 6) is 2.79. The molecular weight excluding hydrogens is 379 g/mol. The van der Waals surface area contributed by atoms with Crippen LogP contribution in [0.15, 0.2) is 12.1 Å². The van der Waals surface area contributed by atoms with Gasteiger partial charge >= 0.3 is 6.03 Å². The molecule has 0 radical (unpaired) electrons. The van der Waals surface area contributed by atoms with Gasteiger partial charge in [-0.15, -0.1) is 23.5 Å². The van der Waals surface area contributed by atoms with E-state index in [1.165, 1.54) is 55.7 Å². The number of carbonyl (C=O) groups excluding carboxylic acids is 1. The Morgan fingerprint density at radius 3 is 2.26 bits per heavy atom. The van der Waals surface area contributed by atoms with Crippen molar-refractivity contribution < 1.29 is 9.18 Å². The number of thioether (sulfide) groups is 2. The Balaban J connectivity index is 1.67. The standard InChI is InChI=1S/C21H31FN2OS2/c1-3-15-12-18(22)13-16(4-2)19(15)24-20(25)23-14-21(26-10-11-27-21)17-8-6-5-7-9-17/h12-13,17H,3-11,14H2,1-2H3,(H2,23,24,25). The van der Waals surface area contributed by atoms with Crippen molar-refractivity contribution in [1.82, 2.24) is 5.32 Å². The molecule has 1 heterocycles. The normalized spacial score (nSPS) is 19.8. The van der Waals surface area contributed by atoms with Crippen molar-refractivity contribution in [2.24, 2.45) is 5.92 Å². The summed E-state index contributed by atoms with van der Waals surface area (Å²) in [5.41, 5.74) is 2.49. The van der Waals surface area contributed by atoms with Crippen LogP contribution in [0.5, 0.6) is 0 Å². The highest BCUT2D eigenvalue weighted by atomic mass is 32.2. The predicted molar refractivity (Wildman–Crippen MR) is 116 cm³/mol. The SMILES string of the molecule is CCc1cc(F)cc(CC)c1NC(=O)NCC1(C2CCCCC2)SCCS1. The Kier molecular flexibility index (Phi) is 7.37. The number of hydrogen-bond acceptors (Lipinski definition) is 3. The van der Waals surface area contributed by atoms with Gasteiger partial charge in [0, 0.05) is 23.7 Å². The predicted octanol–water partition coefficient (Wildman–Crippen LogP) is 5.83. The molecule has 3 rings (SSSR count). The number of nitrogens with one attached hydrogen (secondary N) is 2. The van der Waals surface area contributed by atoms with Gasteiger partial charge in [-0.2, -0.15) is 0 Å². The summed E-state index contributed by atoms with van der Waals surface area (Å²) in [7, 11) is 0. The molecule has 0 spiro atoms. The van der Waals surface area contributed by atoms with Crippen LogP contribution in [-0.4, -0.2) is 28.2 Å². The van der Waals surface area contributed by atoms with Crippen LogP contribution in [0.2, 0.25) is 0 Å². The average Bonchev–Trinajstić information content (AvgIpc) is 3.18. The Hall–Kier alpha value is -0.880. The summed E-state index contributed by atoms with van der Waals surface area (Å²) in [6.07, 6.45) is 7.92. The lowest BCUT2D eigenvalue weighted by molar-refractivity contribution is 0.249. The number of urea groups is 1. The lowest BCUT2D eigenvalue weighted by Gasteiger charge is -2.38. The second-order valence-electron chi connectivity index (χ2n) is 7.46. The highest BCUT2D eigenvalue weighted by Crippen LogP contribution is 2.52. The molecule has 1 aliphatic heterocycles. The molecule has 2 aliphatic rings. The molecular formula is C21H31FN2OS2. The van der Waals surface area contributed by atoms with Crippen LogP contribution in [-0.2, 0) is 12.8 Å². The molecule has 0 aromatic heterocycles. The maximum Gasteiger partial charge on any atom is 0.319 e. The van der Waals surface area contributed by atoms with Gasteiger partial charge in [-0.1, -0.05) is 33.1 Å². The van der Waals surface area contributed by atoms with E-state index in [1.807, 2.05) is 37.4 Å². The molecule has 2 fully saturated rings. The van der Waals surface area contributed by atoms with E-state index >= 15 is 0 Å². The van der Waals surface area contributed by atoms with Crippen molar-refractivity contribution in [1.29, 1.82) is 0 Å². The van der Waals surface area contributed by atoms with Crippen LogP contribution in [0, 0.1) is 11.7 Å². The molecule has 150 valence electrons. The third-order valence-corrected chi connectivity index (χ3v) is 9.48. The number of benzene rings is 1. The molecule has 1 saturated carbocycles. The van der Waals surface area contributed by atoms with E-state index in [0.717, 1.165) is 16.8 Å². The van der Waals surface area contributed by atoms with Crippen LogP contribution in [0.4, 0.5) is 14.9 Å². The fraction of sp³-hybridized carbons (Fsp3) is 0.667. The van der Waals surface area contributed by atoms with Crippen molar-refractivity contribution in [3.05, 3.63) is 29.1 Å². The van der Waals surface area contributed by atoms with Crippen LogP contribution >= 0.6 is 23.5 Å². The number of anilines is 1. The Labute approximate surface area is 171 Å². The molecule has 27 heavy (non-hydrogen) atoms. The Morgan fingerprint density at radius 2 is 1.70 bits per heavy atom. The molecule has 1 saturated heterocycles. The van der Waals surface area contributed by atoms with Gasteiger partial charge in [-0.3, -0.25) is 0 Å². The first-order valence-corrected chi connectivity index (χ1v) is 12.2. The van der Waals surface area contributed by atoms with Crippen LogP contribution < -0.4 is 10.6 Å². The average molecular weight is 411 g/mol. The molecule has 0 atom stereocenters. The Bertz CT molecular complexity index is 631. The maximum atomic E-state index is 13.8. The highest BCUT2D eigenvalue weighted by molar-refractivity contribution is 8.21. The second-order valence-corrected chi connectivity index (χ2v) is 10.6. The number of amides is 2. The smallest absolute Gasteiger partial charge is 0.319 e. The first-order chi connectivity index (χ1) is 13.1. The van der Waals surface area contributed by atoms with Crippen molar-refractivity contribution in [3.8, 4) is 0 Å². The van der Waals surface area contributed by atoms with E-state index in [2.05, 4.69) is 10.6 Å². The molecule has 1 aromatic rings.